The van der Waals surface area contributed by atoms with Gasteiger partial charge in [-0.25, -0.2) is 13.9 Å². The lowest BCUT2D eigenvalue weighted by Crippen LogP contribution is -2.44. The predicted molar refractivity (Wildman–Crippen MR) is 118 cm³/mol. The zero-order chi connectivity index (χ0) is 20.7. The van der Waals surface area contributed by atoms with E-state index in [0.29, 0.717) is 0 Å². The van der Waals surface area contributed by atoms with Crippen LogP contribution in [-0.4, -0.2) is 39.6 Å². The van der Waals surface area contributed by atoms with E-state index in [1.807, 2.05) is 25.3 Å². The number of hydrogen-bond donors (Lipinski definition) is 1. The highest BCUT2D eigenvalue weighted by molar-refractivity contribution is 7.20. The molecular formula is C21H20FN5OS2. The van der Waals surface area contributed by atoms with Crippen molar-refractivity contribution in [1.29, 1.82) is 0 Å². The number of carbonyl (C=O) groups is 1. The van der Waals surface area contributed by atoms with Gasteiger partial charge in [0.1, 0.15) is 5.82 Å². The summed E-state index contributed by atoms with van der Waals surface area (Å²) >= 11 is 3.07. The molecule has 1 aliphatic rings. The quantitative estimate of drug-likeness (QED) is 0.511. The standard InChI is InChI=1S/C21H20FN5OS2/c1-13-2-7-18(29-13)19(28)23-16-8-10-26(11-9-16)21-25-27-12-17(24-20(27)30-21)14-3-5-15(22)6-4-14/h2-7,12,16H,8-11H2,1H3,(H,23,28). The molecule has 30 heavy (non-hydrogen) atoms. The van der Waals surface area contributed by atoms with Gasteiger partial charge in [0.05, 0.1) is 16.8 Å². The van der Waals surface area contributed by atoms with E-state index in [-0.39, 0.29) is 17.8 Å². The Kier molecular flexibility index (Phi) is 5.00. The zero-order valence-electron chi connectivity index (χ0n) is 16.3. The van der Waals surface area contributed by atoms with Crippen molar-refractivity contribution >= 4 is 38.7 Å². The highest BCUT2D eigenvalue weighted by Crippen LogP contribution is 2.28. The minimum Gasteiger partial charge on any atom is -0.348 e. The van der Waals surface area contributed by atoms with E-state index in [9.17, 15) is 9.18 Å². The summed E-state index contributed by atoms with van der Waals surface area (Å²) in [6, 6.07) is 10.4. The summed E-state index contributed by atoms with van der Waals surface area (Å²) in [4.78, 5) is 22.0. The largest absolute Gasteiger partial charge is 0.348 e. The van der Waals surface area contributed by atoms with Crippen LogP contribution in [0.3, 0.4) is 0 Å². The zero-order valence-corrected chi connectivity index (χ0v) is 18.0. The molecule has 1 fully saturated rings. The number of fused-ring (bicyclic) bond motifs is 1. The smallest absolute Gasteiger partial charge is 0.261 e. The third-order valence-corrected chi connectivity index (χ3v) is 7.22. The van der Waals surface area contributed by atoms with Gasteiger partial charge < -0.3 is 10.2 Å². The van der Waals surface area contributed by atoms with Crippen LogP contribution in [0.15, 0.2) is 42.6 Å². The van der Waals surface area contributed by atoms with Crippen molar-refractivity contribution in [2.75, 3.05) is 18.0 Å². The molecule has 0 radical (unpaired) electrons. The van der Waals surface area contributed by atoms with Crippen molar-refractivity contribution in [3.8, 4) is 11.3 Å². The van der Waals surface area contributed by atoms with Crippen molar-refractivity contribution in [2.45, 2.75) is 25.8 Å². The molecule has 4 heterocycles. The number of imidazole rings is 1. The molecule has 5 rings (SSSR count). The number of aryl methyl sites for hydroxylation is 1. The van der Waals surface area contributed by atoms with Crippen molar-refractivity contribution in [2.24, 2.45) is 0 Å². The number of nitrogens with zero attached hydrogens (tertiary/aromatic N) is 4. The van der Waals surface area contributed by atoms with Crippen molar-refractivity contribution in [3.63, 3.8) is 0 Å². The molecular weight excluding hydrogens is 421 g/mol. The molecule has 1 aromatic carbocycles. The molecule has 0 aliphatic carbocycles. The van der Waals surface area contributed by atoms with Gasteiger partial charge in [-0.15, -0.1) is 16.4 Å². The summed E-state index contributed by atoms with van der Waals surface area (Å²) in [5.74, 6) is -0.238. The molecule has 1 amide bonds. The van der Waals surface area contributed by atoms with E-state index in [0.717, 1.165) is 57.0 Å². The second-order valence-corrected chi connectivity index (χ2v) is 9.61. The highest BCUT2D eigenvalue weighted by Gasteiger charge is 2.24. The van der Waals surface area contributed by atoms with Crippen LogP contribution in [0.25, 0.3) is 16.2 Å². The number of thiophene rings is 1. The van der Waals surface area contributed by atoms with Gasteiger partial charge in [-0.1, -0.05) is 11.3 Å². The molecule has 0 bridgehead atoms. The monoisotopic (exact) mass is 441 g/mol. The van der Waals surface area contributed by atoms with Crippen LogP contribution in [0.1, 0.15) is 27.4 Å². The third kappa shape index (κ3) is 3.82. The van der Waals surface area contributed by atoms with Crippen LogP contribution < -0.4 is 10.2 Å². The Bertz CT molecular complexity index is 1160. The van der Waals surface area contributed by atoms with Gasteiger partial charge >= 0.3 is 0 Å². The molecule has 1 aliphatic heterocycles. The summed E-state index contributed by atoms with van der Waals surface area (Å²) < 4.78 is 14.9. The average Bonchev–Trinajstić information content (AvgIpc) is 3.44. The van der Waals surface area contributed by atoms with Crippen molar-refractivity contribution in [1.82, 2.24) is 19.9 Å². The molecule has 3 aromatic heterocycles. The second-order valence-electron chi connectivity index (χ2n) is 7.39. The van der Waals surface area contributed by atoms with Crippen LogP contribution >= 0.6 is 22.7 Å². The van der Waals surface area contributed by atoms with Crippen LogP contribution in [0.2, 0.25) is 0 Å². The summed E-state index contributed by atoms with van der Waals surface area (Å²) in [7, 11) is 0. The van der Waals surface area contributed by atoms with E-state index in [4.69, 9.17) is 0 Å². The maximum absolute atomic E-state index is 13.1. The average molecular weight is 442 g/mol. The number of halogens is 1. The maximum Gasteiger partial charge on any atom is 0.261 e. The van der Waals surface area contributed by atoms with E-state index in [1.165, 1.54) is 23.5 Å². The lowest BCUT2D eigenvalue weighted by Gasteiger charge is -2.31. The molecule has 6 nitrogen and oxygen atoms in total. The molecule has 154 valence electrons. The van der Waals surface area contributed by atoms with Crippen LogP contribution in [0, 0.1) is 12.7 Å². The number of carbonyl (C=O) groups excluding carboxylic acids is 1. The number of anilines is 1. The number of nitrogens with one attached hydrogen (secondary N) is 1. The van der Waals surface area contributed by atoms with Gasteiger partial charge in [0.25, 0.3) is 5.91 Å². The molecule has 0 unspecified atom stereocenters. The number of rotatable bonds is 4. The Morgan fingerprint density at radius 3 is 2.57 bits per heavy atom. The minimum atomic E-state index is -0.259. The fourth-order valence-electron chi connectivity index (χ4n) is 3.61. The Morgan fingerprint density at radius 1 is 1.13 bits per heavy atom. The highest BCUT2D eigenvalue weighted by atomic mass is 32.1. The Balaban J connectivity index is 1.22. The van der Waals surface area contributed by atoms with E-state index in [1.54, 1.807) is 28.0 Å². The van der Waals surface area contributed by atoms with Crippen LogP contribution in [-0.2, 0) is 0 Å². The van der Waals surface area contributed by atoms with Gasteiger partial charge in [-0.05, 0) is 56.2 Å². The fraction of sp³-hybridized carbons (Fsp3) is 0.286. The minimum absolute atomic E-state index is 0.0209. The first-order valence-electron chi connectivity index (χ1n) is 9.79. The van der Waals surface area contributed by atoms with E-state index in [2.05, 4.69) is 20.3 Å². The first kappa shape index (κ1) is 19.2. The summed E-state index contributed by atoms with van der Waals surface area (Å²) in [6.07, 6.45) is 3.65. The van der Waals surface area contributed by atoms with E-state index >= 15 is 0 Å². The Morgan fingerprint density at radius 2 is 1.90 bits per heavy atom. The number of amides is 1. The predicted octanol–water partition coefficient (Wildman–Crippen LogP) is 4.37. The molecule has 0 spiro atoms. The maximum atomic E-state index is 13.1. The number of aromatic nitrogens is 3. The van der Waals surface area contributed by atoms with Crippen molar-refractivity contribution in [3.05, 3.63) is 58.2 Å². The molecule has 1 saturated heterocycles. The summed E-state index contributed by atoms with van der Waals surface area (Å²) in [5, 5.41) is 8.76. The van der Waals surface area contributed by atoms with Gasteiger partial charge in [0, 0.05) is 29.6 Å². The van der Waals surface area contributed by atoms with Crippen molar-refractivity contribution < 1.29 is 9.18 Å². The summed E-state index contributed by atoms with van der Waals surface area (Å²) in [6.45, 7) is 3.69. The molecule has 9 heteroatoms. The van der Waals surface area contributed by atoms with Gasteiger partial charge in [-0.2, -0.15) is 0 Å². The molecule has 0 saturated carbocycles. The van der Waals surface area contributed by atoms with E-state index < -0.39 is 0 Å². The molecule has 0 atom stereocenters. The Hall–Kier alpha value is -2.78. The summed E-state index contributed by atoms with van der Waals surface area (Å²) in [5.41, 5.74) is 1.65. The topological polar surface area (TPSA) is 62.5 Å². The number of hydrogen-bond acceptors (Lipinski definition) is 6. The number of piperidine rings is 1. The van der Waals surface area contributed by atoms with Crippen LogP contribution in [0.5, 0.6) is 0 Å². The molecule has 1 N–H and O–H groups in total. The van der Waals surface area contributed by atoms with Gasteiger partial charge in [-0.3, -0.25) is 4.79 Å². The third-order valence-electron chi connectivity index (χ3n) is 5.24. The fourth-order valence-corrected chi connectivity index (χ4v) is 5.31. The normalized spacial score (nSPS) is 15.1. The van der Waals surface area contributed by atoms with Gasteiger partial charge in [0.2, 0.25) is 10.1 Å². The second kappa shape index (κ2) is 7.81. The number of benzene rings is 1. The lowest BCUT2D eigenvalue weighted by molar-refractivity contribution is 0.0935. The first-order valence-corrected chi connectivity index (χ1v) is 11.4. The Labute approximate surface area is 181 Å². The lowest BCUT2D eigenvalue weighted by atomic mass is 10.1. The SMILES string of the molecule is Cc1ccc(C(=O)NC2CCN(c3nn4cc(-c5ccc(F)cc5)nc4s3)CC2)s1. The molecule has 4 aromatic rings. The van der Waals surface area contributed by atoms with Gasteiger partial charge in [0.15, 0.2) is 0 Å². The first-order chi connectivity index (χ1) is 14.5. The van der Waals surface area contributed by atoms with Crippen LogP contribution in [0.4, 0.5) is 9.52 Å².